The van der Waals surface area contributed by atoms with E-state index in [0.29, 0.717) is 19.8 Å². The Balaban J connectivity index is 1.81. The second-order valence-corrected chi connectivity index (χ2v) is 11.9. The molecule has 0 saturated carbocycles. The van der Waals surface area contributed by atoms with Crippen LogP contribution >= 0.6 is 0 Å². The van der Waals surface area contributed by atoms with Crippen molar-refractivity contribution in [2.45, 2.75) is 37.8 Å². The van der Waals surface area contributed by atoms with Gasteiger partial charge in [0.05, 0.1) is 31.9 Å². The average Bonchev–Trinajstić information content (AvgIpc) is 2.74. The van der Waals surface area contributed by atoms with Crippen LogP contribution in [0, 0.1) is 0 Å². The monoisotopic (exact) mass is 272 g/mol. The second kappa shape index (κ2) is 5.58. The number of nitrogens with one attached hydrogen (secondary N) is 1. The van der Waals surface area contributed by atoms with Crippen LogP contribution in [0.2, 0.25) is 25.7 Å². The molecular formula is C12H24N2O3Si. The van der Waals surface area contributed by atoms with Gasteiger partial charge in [0.25, 0.3) is 0 Å². The maximum Gasteiger partial charge on any atom is 0.410 e. The van der Waals surface area contributed by atoms with Crippen LogP contribution in [0.4, 0.5) is 4.79 Å². The van der Waals surface area contributed by atoms with Gasteiger partial charge in [-0.05, 0) is 6.04 Å². The fourth-order valence-corrected chi connectivity index (χ4v) is 3.05. The van der Waals surface area contributed by atoms with Gasteiger partial charge in [0.1, 0.15) is 0 Å². The lowest BCUT2D eigenvalue weighted by Gasteiger charge is -2.36. The van der Waals surface area contributed by atoms with E-state index in [-0.39, 0.29) is 18.2 Å². The third-order valence-electron chi connectivity index (χ3n) is 3.52. The first-order valence-corrected chi connectivity index (χ1v) is 10.4. The molecule has 1 amide bonds. The van der Waals surface area contributed by atoms with E-state index in [1.165, 1.54) is 0 Å². The van der Waals surface area contributed by atoms with Gasteiger partial charge in [0.2, 0.25) is 0 Å². The fourth-order valence-electron chi connectivity index (χ4n) is 2.34. The summed E-state index contributed by atoms with van der Waals surface area (Å²) in [6, 6.07) is 1.46. The maximum atomic E-state index is 12.1. The Bertz CT molecular complexity index is 306. The first-order valence-electron chi connectivity index (χ1n) is 6.72. The number of hydrogen-bond donors (Lipinski definition) is 1. The number of fused-ring (bicyclic) bond motifs is 1. The van der Waals surface area contributed by atoms with E-state index < -0.39 is 8.07 Å². The van der Waals surface area contributed by atoms with E-state index in [4.69, 9.17) is 9.47 Å². The number of nitrogens with zero attached hydrogens (tertiary/aromatic N) is 1. The van der Waals surface area contributed by atoms with Crippen molar-refractivity contribution in [3.05, 3.63) is 0 Å². The molecule has 2 atom stereocenters. The molecule has 2 rings (SSSR count). The summed E-state index contributed by atoms with van der Waals surface area (Å²) in [5, 5.41) is 3.38. The summed E-state index contributed by atoms with van der Waals surface area (Å²) in [7, 11) is -1.13. The zero-order valence-corrected chi connectivity index (χ0v) is 12.6. The molecule has 0 aliphatic carbocycles. The van der Waals surface area contributed by atoms with Crippen LogP contribution in [0.5, 0.6) is 0 Å². The first-order chi connectivity index (χ1) is 8.47. The Hall–Kier alpha value is -0.593. The van der Waals surface area contributed by atoms with Crippen LogP contribution in [0.25, 0.3) is 0 Å². The van der Waals surface area contributed by atoms with E-state index in [2.05, 4.69) is 25.0 Å². The minimum Gasteiger partial charge on any atom is -0.450 e. The van der Waals surface area contributed by atoms with E-state index in [1.807, 2.05) is 4.90 Å². The number of carbonyl (C=O) groups excluding carboxylic acids is 1. The summed E-state index contributed by atoms with van der Waals surface area (Å²) in [5.41, 5.74) is 0. The molecule has 104 valence electrons. The highest BCUT2D eigenvalue weighted by atomic mass is 28.3. The van der Waals surface area contributed by atoms with Crippen molar-refractivity contribution >= 4 is 14.2 Å². The molecule has 0 aromatic rings. The van der Waals surface area contributed by atoms with Gasteiger partial charge in [0.15, 0.2) is 0 Å². The highest BCUT2D eigenvalue weighted by Crippen LogP contribution is 2.18. The Morgan fingerprint density at radius 3 is 2.94 bits per heavy atom. The van der Waals surface area contributed by atoms with Crippen LogP contribution < -0.4 is 5.32 Å². The quantitative estimate of drug-likeness (QED) is 0.783. The second-order valence-electron chi connectivity index (χ2n) is 6.28. The molecule has 0 aromatic carbocycles. The van der Waals surface area contributed by atoms with Crippen LogP contribution in [-0.2, 0) is 9.47 Å². The van der Waals surface area contributed by atoms with Crippen molar-refractivity contribution in [2.24, 2.45) is 0 Å². The Kier molecular flexibility index (Phi) is 4.29. The first kappa shape index (κ1) is 13.8. The zero-order valence-electron chi connectivity index (χ0n) is 11.6. The van der Waals surface area contributed by atoms with Gasteiger partial charge in [-0.15, -0.1) is 0 Å². The highest BCUT2D eigenvalue weighted by molar-refractivity contribution is 6.76. The lowest BCUT2D eigenvalue weighted by atomic mass is 10.1. The summed E-state index contributed by atoms with van der Waals surface area (Å²) in [4.78, 5) is 13.9. The molecule has 2 saturated heterocycles. The number of piperazine rings is 1. The molecule has 2 fully saturated rings. The molecular weight excluding hydrogens is 248 g/mol. The lowest BCUT2D eigenvalue weighted by molar-refractivity contribution is 0.0729. The predicted octanol–water partition coefficient (Wildman–Crippen LogP) is 1.13. The largest absolute Gasteiger partial charge is 0.450 e. The summed E-state index contributed by atoms with van der Waals surface area (Å²) in [6.45, 7) is 10.3. The standard InChI is InChI=1S/C12H24N2O3Si/c1-18(2,3)7-6-17-12(15)14-5-4-13-10-8-16-9-11(10)14/h10-11,13H,4-9H2,1-3H3/t10-,11-/m1/s1. The molecule has 1 N–H and O–H groups in total. The highest BCUT2D eigenvalue weighted by Gasteiger charge is 2.39. The normalized spacial score (nSPS) is 28.1. The number of carbonyl (C=O) groups is 1. The van der Waals surface area contributed by atoms with E-state index in [0.717, 1.165) is 19.1 Å². The Morgan fingerprint density at radius 2 is 2.22 bits per heavy atom. The zero-order chi connectivity index (χ0) is 13.2. The summed E-state index contributed by atoms with van der Waals surface area (Å²) >= 11 is 0. The molecule has 2 aliphatic heterocycles. The SMILES string of the molecule is C[Si](C)(C)CCOC(=O)N1CCN[C@@H]2COC[C@H]21. The molecule has 0 unspecified atom stereocenters. The molecule has 2 aliphatic rings. The third-order valence-corrected chi connectivity index (χ3v) is 5.23. The maximum absolute atomic E-state index is 12.1. The van der Waals surface area contributed by atoms with Crippen LogP contribution in [0.3, 0.4) is 0 Å². The van der Waals surface area contributed by atoms with Gasteiger partial charge in [-0.25, -0.2) is 4.79 Å². The number of hydrogen-bond acceptors (Lipinski definition) is 4. The van der Waals surface area contributed by atoms with E-state index in [1.54, 1.807) is 0 Å². The summed E-state index contributed by atoms with van der Waals surface area (Å²) in [6.07, 6.45) is -0.171. The minimum absolute atomic E-state index is 0.151. The Labute approximate surface area is 110 Å². The average molecular weight is 272 g/mol. The van der Waals surface area contributed by atoms with Crippen molar-refractivity contribution in [2.75, 3.05) is 32.9 Å². The topological polar surface area (TPSA) is 50.8 Å². The molecule has 5 nitrogen and oxygen atoms in total. The summed E-state index contributed by atoms with van der Waals surface area (Å²) in [5.74, 6) is 0. The molecule has 0 spiro atoms. The van der Waals surface area contributed by atoms with Gasteiger partial charge in [-0.3, -0.25) is 4.90 Å². The number of rotatable bonds is 3. The summed E-state index contributed by atoms with van der Waals surface area (Å²) < 4.78 is 10.8. The third kappa shape index (κ3) is 3.46. The van der Waals surface area contributed by atoms with Crippen molar-refractivity contribution < 1.29 is 14.3 Å². The van der Waals surface area contributed by atoms with Crippen LogP contribution in [-0.4, -0.2) is 64.1 Å². The number of ether oxygens (including phenoxy) is 2. The van der Waals surface area contributed by atoms with E-state index >= 15 is 0 Å². The van der Waals surface area contributed by atoms with E-state index in [9.17, 15) is 4.79 Å². The van der Waals surface area contributed by atoms with Crippen LogP contribution in [0.15, 0.2) is 0 Å². The molecule has 2 heterocycles. The van der Waals surface area contributed by atoms with Crippen molar-refractivity contribution in [1.82, 2.24) is 10.2 Å². The van der Waals surface area contributed by atoms with Crippen molar-refractivity contribution in [3.63, 3.8) is 0 Å². The predicted molar refractivity (Wildman–Crippen MR) is 72.6 cm³/mol. The minimum atomic E-state index is -1.13. The van der Waals surface area contributed by atoms with Crippen LogP contribution in [0.1, 0.15) is 0 Å². The molecule has 0 radical (unpaired) electrons. The molecule has 18 heavy (non-hydrogen) atoms. The lowest BCUT2D eigenvalue weighted by Crippen LogP contribution is -2.59. The molecule has 0 bridgehead atoms. The van der Waals surface area contributed by atoms with Gasteiger partial charge in [0, 0.05) is 21.2 Å². The fraction of sp³-hybridized carbons (Fsp3) is 0.917. The van der Waals surface area contributed by atoms with Gasteiger partial charge in [-0.1, -0.05) is 19.6 Å². The van der Waals surface area contributed by atoms with Crippen molar-refractivity contribution in [1.29, 1.82) is 0 Å². The van der Waals surface area contributed by atoms with Crippen molar-refractivity contribution in [3.8, 4) is 0 Å². The van der Waals surface area contributed by atoms with Gasteiger partial charge in [-0.2, -0.15) is 0 Å². The van der Waals surface area contributed by atoms with Gasteiger partial charge >= 0.3 is 6.09 Å². The van der Waals surface area contributed by atoms with Gasteiger partial charge < -0.3 is 14.8 Å². The Morgan fingerprint density at radius 1 is 1.44 bits per heavy atom. The smallest absolute Gasteiger partial charge is 0.410 e. The molecule has 6 heteroatoms. The number of amides is 1. The molecule has 0 aromatic heterocycles.